The van der Waals surface area contributed by atoms with Crippen molar-refractivity contribution in [3.63, 3.8) is 0 Å². The smallest absolute Gasteiger partial charge is 0.290 e. The van der Waals surface area contributed by atoms with Gasteiger partial charge < -0.3 is 15.6 Å². The molecule has 2 aromatic rings. The summed E-state index contributed by atoms with van der Waals surface area (Å²) >= 11 is 0. The topological polar surface area (TPSA) is 81.2 Å². The zero-order valence-electron chi connectivity index (χ0n) is 12.7. The summed E-state index contributed by atoms with van der Waals surface area (Å²) in [5.74, 6) is 0.401. The largest absolute Gasteiger partial charge is 0.350 e. The van der Waals surface area contributed by atoms with Crippen LogP contribution in [0.3, 0.4) is 0 Å². The minimum Gasteiger partial charge on any atom is -0.350 e. The quantitative estimate of drug-likeness (QED) is 0.909. The molecule has 3 rings (SSSR count). The first-order chi connectivity index (χ1) is 10.7. The number of nitrogens with one attached hydrogen (secondary N) is 1. The minimum absolute atomic E-state index is 0.144. The molecule has 1 heterocycles. The molecule has 116 valence electrons. The van der Waals surface area contributed by atoms with Crippen LogP contribution in [0.15, 0.2) is 34.9 Å². The van der Waals surface area contributed by atoms with E-state index in [9.17, 15) is 4.79 Å². The average Bonchev–Trinajstić information content (AvgIpc) is 3.16. The Kier molecular flexibility index (Phi) is 4.24. The Labute approximate surface area is 129 Å². The summed E-state index contributed by atoms with van der Waals surface area (Å²) in [7, 11) is 0. The minimum atomic E-state index is -0.212. The van der Waals surface area contributed by atoms with Crippen molar-refractivity contribution in [1.29, 1.82) is 0 Å². The molecule has 1 aliphatic rings. The number of aryl methyl sites for hydroxylation is 1. The maximum absolute atomic E-state index is 12.3. The lowest BCUT2D eigenvalue weighted by Crippen LogP contribution is -2.39. The molecule has 1 amide bonds. The number of amides is 1. The highest BCUT2D eigenvalue weighted by molar-refractivity contribution is 5.92. The fourth-order valence-electron chi connectivity index (χ4n) is 2.99. The van der Waals surface area contributed by atoms with Gasteiger partial charge in [-0.05, 0) is 32.2 Å². The molecule has 1 fully saturated rings. The summed E-state index contributed by atoms with van der Waals surface area (Å²) < 4.78 is 5.20. The van der Waals surface area contributed by atoms with Crippen molar-refractivity contribution in [3.8, 4) is 11.3 Å². The Morgan fingerprint density at radius 1 is 1.36 bits per heavy atom. The zero-order chi connectivity index (χ0) is 15.5. The standard InChI is InChI=1S/C17H21N3O2/c1-11-5-7-12(8-6-11)15-9-16(22-20-15)17(21)19-14-4-2-3-13(14)10-18/h5-9,13-14H,2-4,10,18H2,1H3,(H,19,21). The van der Waals surface area contributed by atoms with Crippen LogP contribution >= 0.6 is 0 Å². The maximum Gasteiger partial charge on any atom is 0.290 e. The molecular weight excluding hydrogens is 278 g/mol. The van der Waals surface area contributed by atoms with Crippen molar-refractivity contribution in [2.75, 3.05) is 6.54 Å². The molecule has 5 nitrogen and oxygen atoms in total. The van der Waals surface area contributed by atoms with Crippen LogP contribution in [0.2, 0.25) is 0 Å². The number of hydrogen-bond donors (Lipinski definition) is 2. The summed E-state index contributed by atoms with van der Waals surface area (Å²) in [6.45, 7) is 2.64. The van der Waals surface area contributed by atoms with Crippen molar-refractivity contribution in [1.82, 2.24) is 10.5 Å². The molecule has 2 unspecified atom stereocenters. The first-order valence-corrected chi connectivity index (χ1v) is 7.72. The van der Waals surface area contributed by atoms with Crippen molar-refractivity contribution in [3.05, 3.63) is 41.7 Å². The van der Waals surface area contributed by atoms with E-state index in [0.29, 0.717) is 18.2 Å². The Balaban J connectivity index is 1.70. The molecule has 1 aromatic heterocycles. The third kappa shape index (κ3) is 3.04. The van der Waals surface area contributed by atoms with Gasteiger partial charge in [-0.3, -0.25) is 4.79 Å². The van der Waals surface area contributed by atoms with Gasteiger partial charge in [0.2, 0.25) is 5.76 Å². The monoisotopic (exact) mass is 299 g/mol. The van der Waals surface area contributed by atoms with Crippen LogP contribution < -0.4 is 11.1 Å². The number of benzene rings is 1. The molecule has 0 spiro atoms. The lowest BCUT2D eigenvalue weighted by Gasteiger charge is -2.18. The highest BCUT2D eigenvalue weighted by Crippen LogP contribution is 2.25. The second kappa shape index (κ2) is 6.32. The number of carbonyl (C=O) groups is 1. The predicted molar refractivity (Wildman–Crippen MR) is 84.3 cm³/mol. The molecule has 1 aliphatic carbocycles. The number of nitrogens with zero attached hydrogens (tertiary/aromatic N) is 1. The first kappa shape index (κ1) is 14.8. The van der Waals surface area contributed by atoms with E-state index in [0.717, 1.165) is 24.8 Å². The second-order valence-corrected chi connectivity index (χ2v) is 5.95. The van der Waals surface area contributed by atoms with Crippen molar-refractivity contribution < 1.29 is 9.32 Å². The Morgan fingerprint density at radius 3 is 2.86 bits per heavy atom. The van der Waals surface area contributed by atoms with Crippen LogP contribution in [-0.2, 0) is 0 Å². The number of rotatable bonds is 4. The van der Waals surface area contributed by atoms with Crippen molar-refractivity contribution in [2.45, 2.75) is 32.2 Å². The lowest BCUT2D eigenvalue weighted by atomic mass is 10.0. The van der Waals surface area contributed by atoms with Crippen LogP contribution in [-0.4, -0.2) is 23.7 Å². The summed E-state index contributed by atoms with van der Waals surface area (Å²) in [6.07, 6.45) is 3.16. The van der Waals surface area contributed by atoms with Gasteiger partial charge in [-0.15, -0.1) is 0 Å². The van der Waals surface area contributed by atoms with Crippen LogP contribution in [0.4, 0.5) is 0 Å². The number of nitrogens with two attached hydrogens (primary N) is 1. The summed E-state index contributed by atoms with van der Waals surface area (Å²) in [6, 6.07) is 9.78. The van der Waals surface area contributed by atoms with E-state index in [2.05, 4.69) is 10.5 Å². The van der Waals surface area contributed by atoms with E-state index in [1.807, 2.05) is 31.2 Å². The van der Waals surface area contributed by atoms with Crippen molar-refractivity contribution >= 4 is 5.91 Å². The van der Waals surface area contributed by atoms with Gasteiger partial charge in [-0.1, -0.05) is 41.4 Å². The van der Waals surface area contributed by atoms with E-state index >= 15 is 0 Å². The number of carbonyl (C=O) groups excluding carboxylic acids is 1. The molecule has 0 bridgehead atoms. The second-order valence-electron chi connectivity index (χ2n) is 5.95. The SMILES string of the molecule is Cc1ccc(-c2cc(C(=O)NC3CCCC3CN)on2)cc1. The number of aromatic nitrogens is 1. The van der Waals surface area contributed by atoms with Gasteiger partial charge in [0.15, 0.2) is 0 Å². The molecule has 5 heteroatoms. The first-order valence-electron chi connectivity index (χ1n) is 7.72. The predicted octanol–water partition coefficient (Wildman–Crippen LogP) is 2.51. The molecule has 1 saturated carbocycles. The van der Waals surface area contributed by atoms with Gasteiger partial charge in [-0.2, -0.15) is 0 Å². The summed E-state index contributed by atoms with van der Waals surface area (Å²) in [5, 5.41) is 7.01. The van der Waals surface area contributed by atoms with Crippen LogP contribution in [0.1, 0.15) is 35.4 Å². The zero-order valence-corrected chi connectivity index (χ0v) is 12.7. The summed E-state index contributed by atoms with van der Waals surface area (Å²) in [5.41, 5.74) is 8.54. The van der Waals surface area contributed by atoms with Crippen LogP contribution in [0.5, 0.6) is 0 Å². The molecule has 0 radical (unpaired) electrons. The van der Waals surface area contributed by atoms with Gasteiger partial charge in [0, 0.05) is 17.7 Å². The van der Waals surface area contributed by atoms with Crippen molar-refractivity contribution in [2.24, 2.45) is 11.7 Å². The van der Waals surface area contributed by atoms with E-state index in [1.54, 1.807) is 6.07 Å². The van der Waals surface area contributed by atoms with Gasteiger partial charge in [-0.25, -0.2) is 0 Å². The molecule has 1 aromatic carbocycles. The Bertz CT molecular complexity index is 648. The third-order valence-electron chi connectivity index (χ3n) is 4.36. The normalized spacial score (nSPS) is 21.0. The maximum atomic E-state index is 12.3. The summed E-state index contributed by atoms with van der Waals surface area (Å²) in [4.78, 5) is 12.3. The highest BCUT2D eigenvalue weighted by atomic mass is 16.5. The molecular formula is C17H21N3O2. The van der Waals surface area contributed by atoms with Crippen LogP contribution in [0, 0.1) is 12.8 Å². The van der Waals surface area contributed by atoms with E-state index < -0.39 is 0 Å². The fraction of sp³-hybridized carbons (Fsp3) is 0.412. The molecule has 22 heavy (non-hydrogen) atoms. The third-order valence-corrected chi connectivity index (χ3v) is 4.36. The number of hydrogen-bond acceptors (Lipinski definition) is 4. The van der Waals surface area contributed by atoms with Gasteiger partial charge in [0.25, 0.3) is 5.91 Å². The van der Waals surface area contributed by atoms with E-state index in [-0.39, 0.29) is 17.7 Å². The molecule has 0 saturated heterocycles. The fourth-order valence-corrected chi connectivity index (χ4v) is 2.99. The molecule has 0 aliphatic heterocycles. The van der Waals surface area contributed by atoms with E-state index in [4.69, 9.17) is 10.3 Å². The van der Waals surface area contributed by atoms with Crippen LogP contribution in [0.25, 0.3) is 11.3 Å². The lowest BCUT2D eigenvalue weighted by molar-refractivity contribution is 0.0891. The molecule has 2 atom stereocenters. The van der Waals surface area contributed by atoms with E-state index in [1.165, 1.54) is 5.56 Å². The Morgan fingerprint density at radius 2 is 2.14 bits per heavy atom. The average molecular weight is 299 g/mol. The molecule has 3 N–H and O–H groups in total. The van der Waals surface area contributed by atoms with Gasteiger partial charge in [0.05, 0.1) is 0 Å². The Hall–Kier alpha value is -2.14. The van der Waals surface area contributed by atoms with Gasteiger partial charge in [0.1, 0.15) is 5.69 Å². The highest BCUT2D eigenvalue weighted by Gasteiger charge is 2.28. The van der Waals surface area contributed by atoms with Gasteiger partial charge >= 0.3 is 0 Å².